The number of rotatable bonds is 9. The average Bonchev–Trinajstić information content (AvgIpc) is 3.34. The van der Waals surface area contributed by atoms with Gasteiger partial charge < -0.3 is 34.9 Å². The molecule has 1 aliphatic rings. The molecule has 3 aromatic heterocycles. The van der Waals surface area contributed by atoms with Crippen LogP contribution < -0.4 is 21.5 Å². The second kappa shape index (κ2) is 13.1. The number of aromatic hydroxyl groups is 1. The Bertz CT molecular complexity index is 1830. The lowest BCUT2D eigenvalue weighted by atomic mass is 10.0. The summed E-state index contributed by atoms with van der Waals surface area (Å²) in [5.74, 6) is -1.15. The first-order valence-electron chi connectivity index (χ1n) is 14.2. The van der Waals surface area contributed by atoms with Crippen LogP contribution in [0.3, 0.4) is 0 Å². The van der Waals surface area contributed by atoms with Gasteiger partial charge in [0.15, 0.2) is 0 Å². The molecule has 2 amide bonds. The van der Waals surface area contributed by atoms with Crippen LogP contribution in [0.5, 0.6) is 5.75 Å². The highest BCUT2D eigenvalue weighted by molar-refractivity contribution is 6.34. The predicted octanol–water partition coefficient (Wildman–Crippen LogP) is 3.09. The minimum atomic E-state index is -0.894. The lowest BCUT2D eigenvalue weighted by Crippen LogP contribution is -2.47. The first-order valence-corrected chi connectivity index (χ1v) is 15.0. The average molecular weight is 658 g/mol. The second-order valence-corrected chi connectivity index (χ2v) is 12.1. The standard InChI is InChI=1S/C30H34Cl2N8O5/c1-16-11-39(12-17(2)45-16)6-5-37(3)24-9-23(22(32)10-34-24)36-25(41)14-40-13-20(26-29(40)35-15-38(4)30(26)44)18-7-19(28(33)43)27(42)21(31)8-18/h7-10,13,15-17,42H,5-6,11-12,14H2,1-4H3,(H2,33,43)(H,34,36,41)/t16-,17+. The number of benzene rings is 1. The number of amides is 2. The Morgan fingerprint density at radius 1 is 1.16 bits per heavy atom. The maximum absolute atomic E-state index is 13.3. The van der Waals surface area contributed by atoms with Crippen LogP contribution in [0.15, 0.2) is 41.7 Å². The fraction of sp³-hybridized carbons (Fsp3) is 0.367. The number of primary amides is 1. The van der Waals surface area contributed by atoms with Crippen LogP contribution in [0.25, 0.3) is 22.2 Å². The molecule has 0 radical (unpaired) electrons. The Labute approximate surface area is 269 Å². The molecule has 1 aromatic carbocycles. The summed E-state index contributed by atoms with van der Waals surface area (Å²) in [6, 6.07) is 4.45. The summed E-state index contributed by atoms with van der Waals surface area (Å²) in [6.45, 7) is 7.16. The summed E-state index contributed by atoms with van der Waals surface area (Å²) < 4.78 is 8.63. The molecule has 1 saturated heterocycles. The largest absolute Gasteiger partial charge is 0.506 e. The van der Waals surface area contributed by atoms with Crippen molar-refractivity contribution in [1.29, 1.82) is 0 Å². The number of carbonyl (C=O) groups excluding carboxylic acids is 2. The van der Waals surface area contributed by atoms with Gasteiger partial charge in [-0.15, -0.1) is 0 Å². The van der Waals surface area contributed by atoms with Crippen LogP contribution in [-0.4, -0.2) is 86.4 Å². The number of nitrogens with two attached hydrogens (primary N) is 1. The number of carbonyl (C=O) groups is 2. The highest BCUT2D eigenvalue weighted by Crippen LogP contribution is 2.36. The van der Waals surface area contributed by atoms with Crippen molar-refractivity contribution in [2.75, 3.05) is 43.4 Å². The number of hydrogen-bond acceptors (Lipinski definition) is 9. The molecule has 4 aromatic rings. The van der Waals surface area contributed by atoms with Gasteiger partial charge in [0.2, 0.25) is 5.91 Å². The van der Waals surface area contributed by atoms with Gasteiger partial charge in [0.05, 0.1) is 51.4 Å². The summed E-state index contributed by atoms with van der Waals surface area (Å²) in [4.78, 5) is 51.6. The highest BCUT2D eigenvalue weighted by atomic mass is 35.5. The number of nitrogens with one attached hydrogen (secondary N) is 1. The lowest BCUT2D eigenvalue weighted by molar-refractivity contribution is -0.116. The number of morpholine rings is 1. The Balaban J connectivity index is 1.38. The second-order valence-electron chi connectivity index (χ2n) is 11.3. The molecule has 0 bridgehead atoms. The molecular formula is C30H34Cl2N8O5. The van der Waals surface area contributed by atoms with Gasteiger partial charge in [0.1, 0.15) is 23.8 Å². The van der Waals surface area contributed by atoms with Gasteiger partial charge in [-0.3, -0.25) is 19.3 Å². The number of pyridine rings is 1. The molecule has 4 heterocycles. The van der Waals surface area contributed by atoms with E-state index in [1.54, 1.807) is 19.3 Å². The number of aromatic nitrogens is 4. The van der Waals surface area contributed by atoms with Gasteiger partial charge in [-0.2, -0.15) is 0 Å². The van der Waals surface area contributed by atoms with Gasteiger partial charge in [0, 0.05) is 58.1 Å². The van der Waals surface area contributed by atoms with Crippen LogP contribution in [0, 0.1) is 0 Å². The zero-order valence-corrected chi connectivity index (χ0v) is 26.8. The molecule has 0 aliphatic carbocycles. The smallest absolute Gasteiger partial charge is 0.263 e. The number of aryl methyl sites for hydroxylation is 1. The summed E-state index contributed by atoms with van der Waals surface area (Å²) in [6.07, 6.45) is 4.75. The Kier molecular flexibility index (Phi) is 9.35. The van der Waals surface area contributed by atoms with E-state index >= 15 is 0 Å². The van der Waals surface area contributed by atoms with Crippen molar-refractivity contribution in [3.63, 3.8) is 0 Å². The van der Waals surface area contributed by atoms with Crippen molar-refractivity contribution in [3.8, 4) is 16.9 Å². The molecule has 5 rings (SSSR count). The quantitative estimate of drug-likeness (QED) is 0.246. The molecule has 0 unspecified atom stereocenters. The third kappa shape index (κ3) is 6.91. The van der Waals surface area contributed by atoms with Gasteiger partial charge >= 0.3 is 0 Å². The maximum Gasteiger partial charge on any atom is 0.263 e. The van der Waals surface area contributed by atoms with Crippen molar-refractivity contribution in [2.24, 2.45) is 12.8 Å². The van der Waals surface area contributed by atoms with Gasteiger partial charge in [-0.1, -0.05) is 23.2 Å². The zero-order valence-electron chi connectivity index (χ0n) is 25.3. The third-order valence-electron chi connectivity index (χ3n) is 7.64. The minimum Gasteiger partial charge on any atom is -0.506 e. The molecule has 15 heteroatoms. The molecule has 13 nitrogen and oxygen atoms in total. The monoisotopic (exact) mass is 656 g/mol. The maximum atomic E-state index is 13.3. The third-order valence-corrected chi connectivity index (χ3v) is 8.23. The summed E-state index contributed by atoms with van der Waals surface area (Å²) >= 11 is 12.6. The van der Waals surface area contributed by atoms with Gasteiger partial charge in [0.25, 0.3) is 11.5 Å². The number of nitrogens with zero attached hydrogens (tertiary/aromatic N) is 6. The number of anilines is 2. The SMILES string of the molecule is C[C@@H]1CN(CCN(C)c2cc(NC(=O)Cn3cc(-c4cc(Cl)c(O)c(C(N)=O)c4)c4c(=O)n(C)cnc43)c(Cl)cn2)C[C@H](C)O1. The van der Waals surface area contributed by atoms with E-state index in [1.807, 2.05) is 11.9 Å². The molecule has 1 aliphatic heterocycles. The number of likely N-dealkylation sites (N-methyl/N-ethyl adjacent to an activating group) is 1. The fourth-order valence-corrected chi connectivity index (χ4v) is 5.87. The summed E-state index contributed by atoms with van der Waals surface area (Å²) in [5, 5.41) is 13.4. The van der Waals surface area contributed by atoms with Crippen LogP contribution in [0.1, 0.15) is 24.2 Å². The lowest BCUT2D eigenvalue weighted by Gasteiger charge is -2.36. The first kappa shape index (κ1) is 32.2. The topological polar surface area (TPSA) is 161 Å². The van der Waals surface area contributed by atoms with E-state index in [1.165, 1.54) is 33.8 Å². The zero-order chi connectivity index (χ0) is 32.6. The van der Waals surface area contributed by atoms with E-state index in [9.17, 15) is 19.5 Å². The van der Waals surface area contributed by atoms with Gasteiger partial charge in [-0.25, -0.2) is 9.97 Å². The molecule has 4 N–H and O–H groups in total. The Morgan fingerprint density at radius 2 is 1.87 bits per heavy atom. The van der Waals surface area contributed by atoms with Crippen LogP contribution in [-0.2, 0) is 23.1 Å². The van der Waals surface area contributed by atoms with E-state index in [0.717, 1.165) is 19.6 Å². The summed E-state index contributed by atoms with van der Waals surface area (Å²) in [7, 11) is 3.47. The van der Waals surface area contributed by atoms with E-state index < -0.39 is 17.6 Å². The van der Waals surface area contributed by atoms with Crippen molar-refractivity contribution in [2.45, 2.75) is 32.6 Å². The fourth-order valence-electron chi connectivity index (χ4n) is 5.50. The molecular weight excluding hydrogens is 623 g/mol. The van der Waals surface area contributed by atoms with Crippen LogP contribution in [0.2, 0.25) is 10.0 Å². The van der Waals surface area contributed by atoms with E-state index in [-0.39, 0.29) is 51.0 Å². The number of halogens is 2. The molecule has 2 atom stereocenters. The van der Waals surface area contributed by atoms with Crippen molar-refractivity contribution >= 4 is 57.6 Å². The Morgan fingerprint density at radius 3 is 2.56 bits per heavy atom. The van der Waals surface area contributed by atoms with Crippen molar-refractivity contribution < 1.29 is 19.4 Å². The van der Waals surface area contributed by atoms with Gasteiger partial charge in [-0.05, 0) is 31.5 Å². The number of phenols is 1. The van der Waals surface area contributed by atoms with Crippen LogP contribution in [0.4, 0.5) is 11.5 Å². The Hall–Kier alpha value is -4.17. The first-order chi connectivity index (χ1) is 21.3. The number of fused-ring (bicyclic) bond motifs is 1. The molecule has 0 saturated carbocycles. The number of hydrogen-bond donors (Lipinski definition) is 3. The van der Waals surface area contributed by atoms with E-state index in [2.05, 4.69) is 34.0 Å². The number of ether oxygens (including phenoxy) is 1. The highest BCUT2D eigenvalue weighted by Gasteiger charge is 2.23. The summed E-state index contributed by atoms with van der Waals surface area (Å²) in [5.41, 5.74) is 6.14. The molecule has 0 spiro atoms. The van der Waals surface area contributed by atoms with Crippen molar-refractivity contribution in [3.05, 3.63) is 62.9 Å². The predicted molar refractivity (Wildman–Crippen MR) is 173 cm³/mol. The molecule has 238 valence electrons. The minimum absolute atomic E-state index is 0.122. The van der Waals surface area contributed by atoms with E-state index in [4.69, 9.17) is 33.7 Å². The molecule has 45 heavy (non-hydrogen) atoms. The van der Waals surface area contributed by atoms with Crippen LogP contribution >= 0.6 is 23.2 Å². The van der Waals surface area contributed by atoms with Crippen molar-refractivity contribution in [1.82, 2.24) is 24.0 Å². The normalized spacial score (nSPS) is 17.0. The molecule has 1 fully saturated rings. The van der Waals surface area contributed by atoms with E-state index in [0.29, 0.717) is 29.2 Å².